The van der Waals surface area contributed by atoms with Crippen LogP contribution in [0, 0.1) is 0 Å². The van der Waals surface area contributed by atoms with Gasteiger partial charge in [0, 0.05) is 31.6 Å². The molecule has 0 aliphatic carbocycles. The van der Waals surface area contributed by atoms with Crippen molar-refractivity contribution in [1.29, 1.82) is 0 Å². The predicted molar refractivity (Wildman–Crippen MR) is 140 cm³/mol. The Bertz CT molecular complexity index is 1400. The molecule has 3 aromatic heterocycles. The predicted octanol–water partition coefficient (Wildman–Crippen LogP) is 4.31. The van der Waals surface area contributed by atoms with E-state index in [-0.39, 0.29) is 23.6 Å². The number of rotatable bonds is 6. The lowest BCUT2D eigenvalue weighted by Gasteiger charge is -2.37. The second-order valence-corrected chi connectivity index (χ2v) is 9.97. The molecule has 0 spiro atoms. The van der Waals surface area contributed by atoms with Crippen molar-refractivity contribution in [3.05, 3.63) is 85.0 Å². The third kappa shape index (κ3) is 4.49. The Morgan fingerprint density at radius 3 is 2.49 bits per heavy atom. The van der Waals surface area contributed by atoms with Gasteiger partial charge in [-0.25, -0.2) is 4.79 Å². The quantitative estimate of drug-likeness (QED) is 0.364. The maximum atomic E-state index is 13.8. The van der Waals surface area contributed by atoms with Crippen molar-refractivity contribution in [1.82, 2.24) is 9.47 Å². The van der Waals surface area contributed by atoms with E-state index in [0.29, 0.717) is 43.3 Å². The molecule has 1 aliphatic rings. The number of hydrogen-bond acceptors (Lipinski definition) is 7. The van der Waals surface area contributed by atoms with Crippen LogP contribution in [0.2, 0.25) is 0 Å². The first kappa shape index (κ1) is 23.3. The Kier molecular flexibility index (Phi) is 6.70. The first-order valence-corrected chi connectivity index (χ1v) is 13.3. The van der Waals surface area contributed by atoms with Gasteiger partial charge in [0.05, 0.1) is 29.2 Å². The summed E-state index contributed by atoms with van der Waals surface area (Å²) in [6.45, 7) is 4.33. The average Bonchev–Trinajstić information content (AvgIpc) is 3.60. The van der Waals surface area contributed by atoms with Crippen LogP contribution < -0.4 is 10.5 Å². The van der Waals surface area contributed by atoms with E-state index in [1.165, 1.54) is 11.3 Å². The van der Waals surface area contributed by atoms with Crippen LogP contribution in [0.3, 0.4) is 0 Å². The molecule has 4 heterocycles. The van der Waals surface area contributed by atoms with E-state index in [0.717, 1.165) is 16.5 Å². The molecule has 5 rings (SSSR count). The number of ether oxygens (including phenoxy) is 1. The van der Waals surface area contributed by atoms with E-state index in [4.69, 9.17) is 4.74 Å². The zero-order chi connectivity index (χ0) is 24.4. The van der Waals surface area contributed by atoms with Crippen molar-refractivity contribution in [3.8, 4) is 0 Å². The van der Waals surface area contributed by atoms with Gasteiger partial charge in [0.15, 0.2) is 0 Å². The van der Waals surface area contributed by atoms with Crippen molar-refractivity contribution in [3.63, 3.8) is 0 Å². The maximum absolute atomic E-state index is 13.8. The molecule has 35 heavy (non-hydrogen) atoms. The second-order valence-electron chi connectivity index (χ2n) is 8.24. The molecular weight excluding hydrogens is 482 g/mol. The molecule has 9 heteroatoms. The molecule has 0 atom stereocenters. The number of benzene rings is 1. The van der Waals surface area contributed by atoms with E-state index in [1.54, 1.807) is 22.8 Å². The fourth-order valence-corrected chi connectivity index (χ4v) is 5.87. The van der Waals surface area contributed by atoms with Crippen molar-refractivity contribution >= 4 is 51.1 Å². The minimum Gasteiger partial charge on any atom is -0.462 e. The zero-order valence-corrected chi connectivity index (χ0v) is 20.9. The monoisotopic (exact) mass is 507 g/mol. The highest BCUT2D eigenvalue weighted by atomic mass is 32.1. The average molecular weight is 508 g/mol. The van der Waals surface area contributed by atoms with Crippen LogP contribution in [0.25, 0.3) is 10.9 Å². The zero-order valence-electron chi connectivity index (χ0n) is 19.3. The normalized spacial score (nSPS) is 13.9. The number of nitrogens with zero attached hydrogens (tertiary/aromatic N) is 3. The number of aromatic nitrogens is 1. The minimum atomic E-state index is -0.616. The molecule has 4 aromatic rings. The molecule has 1 fully saturated rings. The number of thiophene rings is 2. The molecule has 7 nitrogen and oxygen atoms in total. The number of carbonyl (C=O) groups is 2. The minimum absolute atomic E-state index is 0.0151. The van der Waals surface area contributed by atoms with Crippen LogP contribution in [0.5, 0.6) is 0 Å². The summed E-state index contributed by atoms with van der Waals surface area (Å²) in [6, 6.07) is 13.4. The SMILES string of the molecule is CCOC(=O)c1c(N2CCN(C(=O)c3cccs3)CC2)c2ccccc2n(Cc2ccsc2)c1=O. The molecule has 1 saturated heterocycles. The summed E-state index contributed by atoms with van der Waals surface area (Å²) in [5.41, 5.74) is 2.06. The van der Waals surface area contributed by atoms with E-state index >= 15 is 0 Å². The number of esters is 1. The molecule has 1 amide bonds. The number of carbonyl (C=O) groups excluding carboxylic acids is 2. The Balaban J connectivity index is 1.57. The van der Waals surface area contributed by atoms with Crippen LogP contribution in [-0.4, -0.2) is 54.1 Å². The van der Waals surface area contributed by atoms with E-state index in [1.807, 2.05) is 68.4 Å². The third-order valence-electron chi connectivity index (χ3n) is 6.16. The van der Waals surface area contributed by atoms with E-state index in [9.17, 15) is 14.4 Å². The maximum Gasteiger partial charge on any atom is 0.345 e. The molecule has 0 N–H and O–H groups in total. The van der Waals surface area contributed by atoms with Crippen molar-refractivity contribution in [2.75, 3.05) is 37.7 Å². The highest BCUT2D eigenvalue weighted by Crippen LogP contribution is 2.31. The first-order valence-electron chi connectivity index (χ1n) is 11.5. The number of fused-ring (bicyclic) bond motifs is 1. The van der Waals surface area contributed by atoms with Crippen molar-refractivity contribution in [2.24, 2.45) is 0 Å². The first-order chi connectivity index (χ1) is 17.1. The van der Waals surface area contributed by atoms with Gasteiger partial charge in [0.1, 0.15) is 5.56 Å². The largest absolute Gasteiger partial charge is 0.462 e. The molecule has 1 aromatic carbocycles. The molecule has 1 aliphatic heterocycles. The van der Waals surface area contributed by atoms with Crippen LogP contribution in [0.1, 0.15) is 32.5 Å². The lowest BCUT2D eigenvalue weighted by Crippen LogP contribution is -2.49. The van der Waals surface area contributed by atoms with E-state index < -0.39 is 5.97 Å². The molecule has 0 unspecified atom stereocenters. The summed E-state index contributed by atoms with van der Waals surface area (Å²) in [7, 11) is 0. The van der Waals surface area contributed by atoms with Crippen LogP contribution in [0.4, 0.5) is 5.69 Å². The summed E-state index contributed by atoms with van der Waals surface area (Å²) in [4.78, 5) is 44.3. The topological polar surface area (TPSA) is 71.8 Å². The standard InChI is InChI=1S/C26H25N3O4S2/c1-2-33-26(32)22-23(27-10-12-28(13-11-27)24(30)21-8-5-14-35-21)19-6-3-4-7-20(19)29(25(22)31)16-18-9-15-34-17-18/h3-9,14-15,17H,2,10-13,16H2,1H3. The van der Waals surface area contributed by atoms with Crippen molar-refractivity contribution in [2.45, 2.75) is 13.5 Å². The fraction of sp³-hybridized carbons (Fsp3) is 0.269. The van der Waals surface area contributed by atoms with Crippen LogP contribution >= 0.6 is 22.7 Å². The van der Waals surface area contributed by atoms with Gasteiger partial charge in [0.25, 0.3) is 11.5 Å². The number of para-hydroxylation sites is 1. The number of pyridine rings is 1. The number of hydrogen-bond donors (Lipinski definition) is 0. The number of anilines is 1. The van der Waals surface area contributed by atoms with Gasteiger partial charge in [-0.05, 0) is 46.8 Å². The van der Waals surface area contributed by atoms with Gasteiger partial charge in [-0.1, -0.05) is 24.3 Å². The van der Waals surface area contributed by atoms with Crippen LogP contribution in [-0.2, 0) is 11.3 Å². The van der Waals surface area contributed by atoms with Crippen LogP contribution in [0.15, 0.2) is 63.4 Å². The second kappa shape index (κ2) is 10.1. The molecule has 0 saturated carbocycles. The molecule has 180 valence electrons. The Morgan fingerprint density at radius 2 is 1.80 bits per heavy atom. The van der Waals surface area contributed by atoms with Gasteiger partial charge in [-0.15, -0.1) is 11.3 Å². The van der Waals surface area contributed by atoms with E-state index in [2.05, 4.69) is 0 Å². The van der Waals surface area contributed by atoms with Gasteiger partial charge < -0.3 is 19.1 Å². The van der Waals surface area contributed by atoms with Gasteiger partial charge in [-0.2, -0.15) is 11.3 Å². The Hall–Kier alpha value is -3.43. The van der Waals surface area contributed by atoms with Gasteiger partial charge in [0.2, 0.25) is 0 Å². The molecular formula is C26H25N3O4S2. The number of piperazine rings is 1. The molecule has 0 bridgehead atoms. The smallest absolute Gasteiger partial charge is 0.345 e. The summed E-state index contributed by atoms with van der Waals surface area (Å²) in [6.07, 6.45) is 0. The summed E-state index contributed by atoms with van der Waals surface area (Å²) >= 11 is 3.00. The van der Waals surface area contributed by atoms with Gasteiger partial charge >= 0.3 is 5.97 Å². The Labute approximate surface area is 210 Å². The lowest BCUT2D eigenvalue weighted by molar-refractivity contribution is 0.0523. The molecule has 0 radical (unpaired) electrons. The fourth-order valence-electron chi connectivity index (χ4n) is 4.52. The Morgan fingerprint density at radius 1 is 1.00 bits per heavy atom. The van der Waals surface area contributed by atoms with Crippen molar-refractivity contribution < 1.29 is 14.3 Å². The highest BCUT2D eigenvalue weighted by Gasteiger charge is 2.30. The lowest BCUT2D eigenvalue weighted by atomic mass is 10.1. The summed E-state index contributed by atoms with van der Waals surface area (Å²) < 4.78 is 7.00. The third-order valence-corrected chi connectivity index (χ3v) is 7.75. The summed E-state index contributed by atoms with van der Waals surface area (Å²) in [5, 5.41) is 6.69. The summed E-state index contributed by atoms with van der Waals surface area (Å²) in [5.74, 6) is -0.601. The van der Waals surface area contributed by atoms with Gasteiger partial charge in [-0.3, -0.25) is 9.59 Å². The number of amides is 1. The highest BCUT2D eigenvalue weighted by molar-refractivity contribution is 7.12.